The molecule has 0 radical (unpaired) electrons. The van der Waals surface area contributed by atoms with E-state index in [0.717, 1.165) is 11.1 Å². The molecular formula is C16H17FN2O. The van der Waals surface area contributed by atoms with E-state index < -0.39 is 6.04 Å². The minimum Gasteiger partial charge on any atom is -0.351 e. The van der Waals surface area contributed by atoms with E-state index in [1.807, 2.05) is 30.3 Å². The van der Waals surface area contributed by atoms with E-state index >= 15 is 0 Å². The standard InChI is InChI=1S/C16H17FN2O/c17-14-8-6-13(7-9-14)11-19-16(20)15(18)10-12-4-2-1-3-5-12/h1-9,15H,10-11,18H2,(H,19,20)/t15-/m1/s1. The van der Waals surface area contributed by atoms with Gasteiger partial charge >= 0.3 is 0 Å². The van der Waals surface area contributed by atoms with Gasteiger partial charge in [-0.3, -0.25) is 4.79 Å². The van der Waals surface area contributed by atoms with E-state index in [1.165, 1.54) is 12.1 Å². The van der Waals surface area contributed by atoms with Crippen molar-refractivity contribution >= 4 is 5.91 Å². The first-order valence-corrected chi connectivity index (χ1v) is 6.47. The van der Waals surface area contributed by atoms with Crippen molar-refractivity contribution in [2.45, 2.75) is 19.0 Å². The second kappa shape index (κ2) is 6.82. The van der Waals surface area contributed by atoms with Crippen LogP contribution in [0.2, 0.25) is 0 Å². The molecule has 1 amide bonds. The summed E-state index contributed by atoms with van der Waals surface area (Å²) in [5.41, 5.74) is 7.73. The van der Waals surface area contributed by atoms with Crippen molar-refractivity contribution in [1.82, 2.24) is 5.32 Å². The van der Waals surface area contributed by atoms with Crippen LogP contribution in [0.25, 0.3) is 0 Å². The smallest absolute Gasteiger partial charge is 0.237 e. The number of hydrogen-bond donors (Lipinski definition) is 2. The molecule has 2 aromatic carbocycles. The molecule has 20 heavy (non-hydrogen) atoms. The molecule has 1 atom stereocenters. The molecule has 3 N–H and O–H groups in total. The second-order valence-electron chi connectivity index (χ2n) is 4.64. The van der Waals surface area contributed by atoms with Crippen molar-refractivity contribution in [2.24, 2.45) is 5.73 Å². The van der Waals surface area contributed by atoms with E-state index in [1.54, 1.807) is 12.1 Å². The first-order chi connectivity index (χ1) is 9.65. The Morgan fingerprint density at radius 3 is 2.35 bits per heavy atom. The van der Waals surface area contributed by atoms with Gasteiger partial charge in [-0.05, 0) is 29.7 Å². The quantitative estimate of drug-likeness (QED) is 0.875. The van der Waals surface area contributed by atoms with Crippen LogP contribution < -0.4 is 11.1 Å². The van der Waals surface area contributed by atoms with Gasteiger partial charge in [-0.1, -0.05) is 42.5 Å². The molecule has 104 valence electrons. The molecule has 0 saturated carbocycles. The van der Waals surface area contributed by atoms with Gasteiger partial charge in [-0.25, -0.2) is 4.39 Å². The normalized spacial score (nSPS) is 11.9. The van der Waals surface area contributed by atoms with Crippen molar-refractivity contribution in [1.29, 1.82) is 0 Å². The van der Waals surface area contributed by atoms with Crippen LogP contribution in [0.1, 0.15) is 11.1 Å². The lowest BCUT2D eigenvalue weighted by atomic mass is 10.1. The minimum absolute atomic E-state index is 0.210. The Bertz CT molecular complexity index is 554. The van der Waals surface area contributed by atoms with E-state index in [0.29, 0.717) is 13.0 Å². The van der Waals surface area contributed by atoms with Crippen molar-refractivity contribution in [2.75, 3.05) is 0 Å². The molecular weight excluding hydrogens is 255 g/mol. The van der Waals surface area contributed by atoms with Crippen LogP contribution in [0.4, 0.5) is 4.39 Å². The summed E-state index contributed by atoms with van der Waals surface area (Å²) in [4.78, 5) is 11.9. The summed E-state index contributed by atoms with van der Waals surface area (Å²) in [7, 11) is 0. The zero-order chi connectivity index (χ0) is 14.4. The number of amides is 1. The lowest BCUT2D eigenvalue weighted by molar-refractivity contribution is -0.122. The van der Waals surface area contributed by atoms with Crippen LogP contribution in [-0.2, 0) is 17.8 Å². The predicted molar refractivity (Wildman–Crippen MR) is 76.4 cm³/mol. The van der Waals surface area contributed by atoms with Gasteiger partial charge < -0.3 is 11.1 Å². The molecule has 0 heterocycles. The molecule has 4 heteroatoms. The Kier molecular flexibility index (Phi) is 4.85. The Morgan fingerprint density at radius 2 is 1.70 bits per heavy atom. The Hall–Kier alpha value is -2.20. The Morgan fingerprint density at radius 1 is 1.05 bits per heavy atom. The molecule has 0 unspecified atom stereocenters. The second-order valence-corrected chi connectivity index (χ2v) is 4.64. The molecule has 0 aliphatic rings. The summed E-state index contributed by atoms with van der Waals surface area (Å²) >= 11 is 0. The largest absolute Gasteiger partial charge is 0.351 e. The van der Waals surface area contributed by atoms with Crippen LogP contribution in [0, 0.1) is 5.82 Å². The Balaban J connectivity index is 1.83. The summed E-state index contributed by atoms with van der Waals surface area (Å²) in [5, 5.41) is 2.75. The Labute approximate surface area is 117 Å². The fourth-order valence-corrected chi connectivity index (χ4v) is 1.88. The van der Waals surface area contributed by atoms with Gasteiger partial charge in [-0.2, -0.15) is 0 Å². The van der Waals surface area contributed by atoms with Gasteiger partial charge in [0.2, 0.25) is 5.91 Å². The molecule has 2 rings (SSSR count). The lowest BCUT2D eigenvalue weighted by Gasteiger charge is -2.12. The highest BCUT2D eigenvalue weighted by Crippen LogP contribution is 2.04. The fraction of sp³-hybridized carbons (Fsp3) is 0.188. The summed E-state index contributed by atoms with van der Waals surface area (Å²) in [6, 6.07) is 15.0. The zero-order valence-corrected chi connectivity index (χ0v) is 11.1. The van der Waals surface area contributed by atoms with E-state index in [2.05, 4.69) is 5.32 Å². The van der Waals surface area contributed by atoms with Crippen molar-refractivity contribution in [3.63, 3.8) is 0 Å². The summed E-state index contributed by atoms with van der Waals surface area (Å²) < 4.78 is 12.7. The molecule has 0 bridgehead atoms. The zero-order valence-electron chi connectivity index (χ0n) is 11.1. The van der Waals surface area contributed by atoms with Crippen LogP contribution in [-0.4, -0.2) is 11.9 Å². The van der Waals surface area contributed by atoms with Crippen molar-refractivity contribution < 1.29 is 9.18 Å². The summed E-state index contributed by atoms with van der Waals surface area (Å²) in [6.45, 7) is 0.349. The number of carbonyl (C=O) groups excluding carboxylic acids is 1. The van der Waals surface area contributed by atoms with Crippen LogP contribution in [0.15, 0.2) is 54.6 Å². The maximum absolute atomic E-state index is 12.7. The lowest BCUT2D eigenvalue weighted by Crippen LogP contribution is -2.41. The fourth-order valence-electron chi connectivity index (χ4n) is 1.88. The van der Waals surface area contributed by atoms with Gasteiger partial charge in [0.15, 0.2) is 0 Å². The number of nitrogens with one attached hydrogen (secondary N) is 1. The third-order valence-corrected chi connectivity index (χ3v) is 3.02. The minimum atomic E-state index is -0.585. The van der Waals surface area contributed by atoms with Gasteiger partial charge in [0.25, 0.3) is 0 Å². The van der Waals surface area contributed by atoms with E-state index in [4.69, 9.17) is 5.73 Å². The van der Waals surface area contributed by atoms with E-state index in [9.17, 15) is 9.18 Å². The molecule has 0 fully saturated rings. The van der Waals surface area contributed by atoms with Crippen molar-refractivity contribution in [3.05, 3.63) is 71.5 Å². The molecule has 2 aromatic rings. The molecule has 0 saturated heterocycles. The average Bonchev–Trinajstić information content (AvgIpc) is 2.47. The van der Waals surface area contributed by atoms with Crippen LogP contribution in [0.5, 0.6) is 0 Å². The van der Waals surface area contributed by atoms with Crippen LogP contribution in [0.3, 0.4) is 0 Å². The molecule has 3 nitrogen and oxygen atoms in total. The number of carbonyl (C=O) groups is 1. The van der Waals surface area contributed by atoms with Gasteiger partial charge in [-0.15, -0.1) is 0 Å². The highest BCUT2D eigenvalue weighted by atomic mass is 19.1. The predicted octanol–water partition coefficient (Wildman–Crippen LogP) is 2.01. The number of nitrogens with two attached hydrogens (primary N) is 1. The summed E-state index contributed by atoms with van der Waals surface area (Å²) in [5.74, 6) is -0.501. The average molecular weight is 272 g/mol. The maximum atomic E-state index is 12.7. The molecule has 0 spiro atoms. The summed E-state index contributed by atoms with van der Waals surface area (Å²) in [6.07, 6.45) is 0.496. The van der Waals surface area contributed by atoms with E-state index in [-0.39, 0.29) is 11.7 Å². The molecule has 0 aliphatic heterocycles. The van der Waals surface area contributed by atoms with Gasteiger partial charge in [0.05, 0.1) is 6.04 Å². The highest BCUT2D eigenvalue weighted by Gasteiger charge is 2.13. The first kappa shape index (κ1) is 14.2. The topological polar surface area (TPSA) is 55.1 Å². The number of hydrogen-bond acceptors (Lipinski definition) is 2. The maximum Gasteiger partial charge on any atom is 0.237 e. The van der Waals surface area contributed by atoms with Gasteiger partial charge in [0.1, 0.15) is 5.82 Å². The SMILES string of the molecule is N[C@H](Cc1ccccc1)C(=O)NCc1ccc(F)cc1. The first-order valence-electron chi connectivity index (χ1n) is 6.47. The monoisotopic (exact) mass is 272 g/mol. The van der Waals surface area contributed by atoms with Crippen molar-refractivity contribution in [3.8, 4) is 0 Å². The number of benzene rings is 2. The third kappa shape index (κ3) is 4.17. The highest BCUT2D eigenvalue weighted by molar-refractivity contribution is 5.81. The molecule has 0 aliphatic carbocycles. The third-order valence-electron chi connectivity index (χ3n) is 3.02. The number of halogens is 1. The molecule has 0 aromatic heterocycles. The van der Waals surface area contributed by atoms with Gasteiger partial charge in [0, 0.05) is 6.54 Å². The van der Waals surface area contributed by atoms with Crippen LogP contribution >= 0.6 is 0 Å². The number of rotatable bonds is 5.